The third-order valence-corrected chi connectivity index (χ3v) is 4.62. The number of benzene rings is 1. The van der Waals surface area contributed by atoms with Gasteiger partial charge in [-0.25, -0.2) is 0 Å². The lowest BCUT2D eigenvalue weighted by Gasteiger charge is -2.26. The zero-order valence-electron chi connectivity index (χ0n) is 13.4. The fourth-order valence-electron chi connectivity index (χ4n) is 2.98. The van der Waals surface area contributed by atoms with E-state index in [0.717, 1.165) is 50.0 Å². The van der Waals surface area contributed by atoms with Crippen LogP contribution in [0.4, 0.5) is 11.4 Å². The molecule has 1 aromatic rings. The van der Waals surface area contributed by atoms with E-state index in [-0.39, 0.29) is 30.1 Å². The van der Waals surface area contributed by atoms with Crippen LogP contribution in [-0.2, 0) is 9.59 Å². The summed E-state index contributed by atoms with van der Waals surface area (Å²) in [6, 6.07) is 7.36. The summed E-state index contributed by atoms with van der Waals surface area (Å²) in [6.45, 7) is 2.92. The smallest absolute Gasteiger partial charge is 0.244 e. The van der Waals surface area contributed by atoms with Gasteiger partial charge in [0.25, 0.3) is 0 Å². The van der Waals surface area contributed by atoms with Crippen molar-refractivity contribution >= 4 is 35.6 Å². The average Bonchev–Trinajstić information content (AvgIpc) is 3.25. The molecule has 5 nitrogen and oxygen atoms in total. The molecule has 0 bridgehead atoms. The zero-order chi connectivity index (χ0) is 15.6. The van der Waals surface area contributed by atoms with E-state index < -0.39 is 5.54 Å². The van der Waals surface area contributed by atoms with Crippen LogP contribution < -0.4 is 16.0 Å². The summed E-state index contributed by atoms with van der Waals surface area (Å²) in [5.74, 6) is 0.258. The molecule has 3 rings (SSSR count). The maximum absolute atomic E-state index is 12.6. The molecular weight excluding hydrogens is 314 g/mol. The van der Waals surface area contributed by atoms with Crippen molar-refractivity contribution in [2.75, 3.05) is 17.2 Å². The van der Waals surface area contributed by atoms with Crippen molar-refractivity contribution < 1.29 is 9.59 Å². The zero-order valence-corrected chi connectivity index (χ0v) is 14.2. The molecule has 1 saturated carbocycles. The first-order valence-corrected chi connectivity index (χ1v) is 8.10. The lowest BCUT2D eigenvalue weighted by atomic mass is 9.93. The molecule has 3 N–H and O–H groups in total. The van der Waals surface area contributed by atoms with Crippen LogP contribution in [0.1, 0.15) is 39.0 Å². The normalized spacial score (nSPS) is 23.0. The van der Waals surface area contributed by atoms with Gasteiger partial charge in [0, 0.05) is 17.3 Å². The maximum Gasteiger partial charge on any atom is 0.244 e. The largest absolute Gasteiger partial charge is 0.326 e. The number of hydrogen-bond acceptors (Lipinski definition) is 3. The molecule has 1 saturated heterocycles. The van der Waals surface area contributed by atoms with Crippen molar-refractivity contribution in [3.63, 3.8) is 0 Å². The van der Waals surface area contributed by atoms with E-state index in [9.17, 15) is 9.59 Å². The van der Waals surface area contributed by atoms with E-state index in [1.54, 1.807) is 0 Å². The van der Waals surface area contributed by atoms with E-state index in [1.165, 1.54) is 0 Å². The Morgan fingerprint density at radius 2 is 1.96 bits per heavy atom. The van der Waals surface area contributed by atoms with Gasteiger partial charge in [-0.15, -0.1) is 12.4 Å². The lowest BCUT2D eigenvalue weighted by Crippen LogP contribution is -2.50. The lowest BCUT2D eigenvalue weighted by molar-refractivity contribution is -0.122. The third kappa shape index (κ3) is 4.03. The summed E-state index contributed by atoms with van der Waals surface area (Å²) < 4.78 is 0. The third-order valence-electron chi connectivity index (χ3n) is 4.62. The Labute approximate surface area is 143 Å². The number of nitrogens with one attached hydrogen (secondary N) is 3. The maximum atomic E-state index is 12.6. The molecule has 0 aromatic heterocycles. The van der Waals surface area contributed by atoms with Crippen LogP contribution in [0.5, 0.6) is 0 Å². The van der Waals surface area contributed by atoms with Crippen LogP contribution in [-0.4, -0.2) is 23.9 Å². The fourth-order valence-corrected chi connectivity index (χ4v) is 2.98. The van der Waals surface area contributed by atoms with E-state index >= 15 is 0 Å². The molecule has 0 radical (unpaired) electrons. The van der Waals surface area contributed by atoms with Crippen LogP contribution in [0.15, 0.2) is 24.3 Å². The van der Waals surface area contributed by atoms with E-state index in [0.29, 0.717) is 0 Å². The van der Waals surface area contributed by atoms with Gasteiger partial charge in [-0.05, 0) is 56.8 Å². The number of anilines is 2. The molecular formula is C17H24ClN3O2. The second kappa shape index (κ2) is 7.32. The number of amides is 2. The summed E-state index contributed by atoms with van der Waals surface area (Å²) in [4.78, 5) is 24.4. The predicted octanol–water partition coefficient (Wildman–Crippen LogP) is 2.93. The minimum Gasteiger partial charge on any atom is -0.326 e. The summed E-state index contributed by atoms with van der Waals surface area (Å²) in [5, 5.41) is 9.21. The topological polar surface area (TPSA) is 70.2 Å². The monoisotopic (exact) mass is 337 g/mol. The second-order valence-electron chi connectivity index (χ2n) is 6.26. The van der Waals surface area contributed by atoms with Gasteiger partial charge in [0.05, 0.1) is 5.54 Å². The minimum absolute atomic E-state index is 0. The van der Waals surface area contributed by atoms with Crippen molar-refractivity contribution in [3.05, 3.63) is 24.3 Å². The predicted molar refractivity (Wildman–Crippen MR) is 93.9 cm³/mol. The molecule has 1 heterocycles. The van der Waals surface area contributed by atoms with Gasteiger partial charge in [-0.3, -0.25) is 9.59 Å². The second-order valence-corrected chi connectivity index (χ2v) is 6.26. The average molecular weight is 338 g/mol. The molecule has 1 aliphatic heterocycles. The number of halogens is 1. The highest BCUT2D eigenvalue weighted by atomic mass is 35.5. The standard InChI is InChI=1S/C17H23N3O2.ClH/c1-2-17(9-4-10-18-17)16(22)20-14-6-3-5-13(11-14)19-15(21)12-7-8-12;/h3,5-6,11-12,18H,2,4,7-10H2,1H3,(H,19,21)(H,20,22);1H. The van der Waals surface area contributed by atoms with Crippen molar-refractivity contribution in [1.29, 1.82) is 0 Å². The van der Waals surface area contributed by atoms with Gasteiger partial charge in [0.1, 0.15) is 0 Å². The van der Waals surface area contributed by atoms with Crippen LogP contribution in [0.2, 0.25) is 0 Å². The van der Waals surface area contributed by atoms with Crippen LogP contribution in [0.25, 0.3) is 0 Å². The number of carbonyl (C=O) groups is 2. The highest BCUT2D eigenvalue weighted by Crippen LogP contribution is 2.30. The minimum atomic E-state index is -0.451. The summed E-state index contributed by atoms with van der Waals surface area (Å²) in [7, 11) is 0. The Kier molecular flexibility index (Phi) is 5.65. The highest BCUT2D eigenvalue weighted by molar-refractivity contribution is 5.99. The Bertz CT molecular complexity index is 581. The van der Waals surface area contributed by atoms with Gasteiger partial charge in [-0.1, -0.05) is 13.0 Å². The van der Waals surface area contributed by atoms with Crippen molar-refractivity contribution in [2.45, 2.75) is 44.6 Å². The summed E-state index contributed by atoms with van der Waals surface area (Å²) in [5.41, 5.74) is 1.01. The first-order chi connectivity index (χ1) is 10.6. The molecule has 1 aliphatic carbocycles. The van der Waals surface area contributed by atoms with Crippen LogP contribution >= 0.6 is 12.4 Å². The number of carbonyl (C=O) groups excluding carboxylic acids is 2. The number of hydrogen-bond donors (Lipinski definition) is 3. The summed E-state index contributed by atoms with van der Waals surface area (Å²) in [6.07, 6.45) is 4.63. The Balaban J connectivity index is 0.00000192. The summed E-state index contributed by atoms with van der Waals surface area (Å²) >= 11 is 0. The molecule has 2 amide bonds. The quantitative estimate of drug-likeness (QED) is 0.773. The molecule has 23 heavy (non-hydrogen) atoms. The molecule has 126 valence electrons. The fraction of sp³-hybridized carbons (Fsp3) is 0.529. The van der Waals surface area contributed by atoms with E-state index in [1.807, 2.05) is 31.2 Å². The van der Waals surface area contributed by atoms with Gasteiger partial charge in [-0.2, -0.15) is 0 Å². The van der Waals surface area contributed by atoms with Gasteiger partial charge >= 0.3 is 0 Å². The molecule has 2 aliphatic rings. The molecule has 1 unspecified atom stereocenters. The molecule has 0 spiro atoms. The molecule has 1 atom stereocenters. The Morgan fingerprint density at radius 1 is 1.26 bits per heavy atom. The highest BCUT2D eigenvalue weighted by Gasteiger charge is 2.39. The first kappa shape index (κ1) is 17.8. The van der Waals surface area contributed by atoms with Crippen LogP contribution in [0.3, 0.4) is 0 Å². The van der Waals surface area contributed by atoms with Crippen molar-refractivity contribution in [1.82, 2.24) is 5.32 Å². The van der Waals surface area contributed by atoms with Gasteiger partial charge < -0.3 is 16.0 Å². The van der Waals surface area contributed by atoms with Gasteiger partial charge in [0.2, 0.25) is 11.8 Å². The van der Waals surface area contributed by atoms with Crippen LogP contribution in [0, 0.1) is 5.92 Å². The molecule has 6 heteroatoms. The molecule has 1 aromatic carbocycles. The Morgan fingerprint density at radius 3 is 2.52 bits per heavy atom. The van der Waals surface area contributed by atoms with Crippen molar-refractivity contribution in [2.24, 2.45) is 5.92 Å². The van der Waals surface area contributed by atoms with E-state index in [4.69, 9.17) is 0 Å². The first-order valence-electron chi connectivity index (χ1n) is 8.10. The van der Waals surface area contributed by atoms with Gasteiger partial charge in [0.15, 0.2) is 0 Å². The number of rotatable bonds is 5. The SMILES string of the molecule is CCC1(C(=O)Nc2cccc(NC(=O)C3CC3)c2)CCCN1.Cl. The van der Waals surface area contributed by atoms with E-state index in [2.05, 4.69) is 16.0 Å². The molecule has 2 fully saturated rings. The Hall–Kier alpha value is -1.59. The van der Waals surface area contributed by atoms with Crippen molar-refractivity contribution in [3.8, 4) is 0 Å².